The van der Waals surface area contributed by atoms with E-state index in [-0.39, 0.29) is 17.6 Å². The highest BCUT2D eigenvalue weighted by Gasteiger charge is 2.83. The van der Waals surface area contributed by atoms with Gasteiger partial charge >= 0.3 is 5.97 Å². The van der Waals surface area contributed by atoms with Gasteiger partial charge in [-0.25, -0.2) is 4.79 Å². The maximum atomic E-state index is 13.1. The van der Waals surface area contributed by atoms with E-state index < -0.39 is 76.8 Å². The summed E-state index contributed by atoms with van der Waals surface area (Å²) in [6.45, 7) is 11.0. The summed E-state index contributed by atoms with van der Waals surface area (Å²) in [6, 6.07) is 0. The van der Waals surface area contributed by atoms with Crippen molar-refractivity contribution in [1.29, 1.82) is 0 Å². The SMILES string of the molecule is C=C(C)[C@]1(O)C[C@@H](C)[C@@]2(O)[C@H]([C@H]1OC(=O)C(C)=CC)[C@@H]1O[C@]1(CO)[C@@H](O)[C@]1(O)C(=O)C(C)=C[C@H]12. The molecule has 4 aliphatic rings. The van der Waals surface area contributed by atoms with Gasteiger partial charge in [0, 0.05) is 11.5 Å². The van der Waals surface area contributed by atoms with Crippen LogP contribution in [-0.2, 0) is 19.1 Å². The first kappa shape index (κ1) is 25.2. The molecule has 0 aromatic rings. The average Bonchev–Trinajstić information content (AvgIpc) is 3.48. The van der Waals surface area contributed by atoms with Crippen molar-refractivity contribution in [3.05, 3.63) is 35.5 Å². The Kier molecular flexibility index (Phi) is 5.61. The van der Waals surface area contributed by atoms with Crippen LogP contribution in [0.3, 0.4) is 0 Å². The summed E-state index contributed by atoms with van der Waals surface area (Å²) in [5, 5.41) is 57.3. The predicted octanol–water partition coefficient (Wildman–Crippen LogP) is -0.0606. The third-order valence-electron chi connectivity index (χ3n) is 8.80. The van der Waals surface area contributed by atoms with Gasteiger partial charge in [0.1, 0.15) is 29.5 Å². The Bertz CT molecular complexity index is 1020. The first-order valence-corrected chi connectivity index (χ1v) is 11.5. The highest BCUT2D eigenvalue weighted by Crippen LogP contribution is 2.65. The van der Waals surface area contributed by atoms with Crippen LogP contribution in [0.15, 0.2) is 35.5 Å². The van der Waals surface area contributed by atoms with Crippen LogP contribution in [0, 0.1) is 17.8 Å². The van der Waals surface area contributed by atoms with Crippen LogP contribution in [-0.4, -0.2) is 84.6 Å². The van der Waals surface area contributed by atoms with Gasteiger partial charge in [-0.2, -0.15) is 0 Å². The molecular formula is C25H34O9. The van der Waals surface area contributed by atoms with Crippen molar-refractivity contribution in [2.24, 2.45) is 17.8 Å². The topological polar surface area (TPSA) is 157 Å². The number of carbonyl (C=O) groups is 2. The minimum absolute atomic E-state index is 0.0925. The fourth-order valence-corrected chi connectivity index (χ4v) is 6.52. The summed E-state index contributed by atoms with van der Waals surface area (Å²) in [7, 11) is 0. The summed E-state index contributed by atoms with van der Waals surface area (Å²) in [4.78, 5) is 26.0. The van der Waals surface area contributed by atoms with Crippen molar-refractivity contribution in [3.63, 3.8) is 0 Å². The van der Waals surface area contributed by atoms with Crippen LogP contribution in [0.2, 0.25) is 0 Å². The molecular weight excluding hydrogens is 444 g/mol. The van der Waals surface area contributed by atoms with Gasteiger partial charge in [-0.15, -0.1) is 0 Å². The summed E-state index contributed by atoms with van der Waals surface area (Å²) >= 11 is 0. The lowest BCUT2D eigenvalue weighted by molar-refractivity contribution is -0.252. The number of aliphatic hydroxyl groups excluding tert-OH is 2. The molecule has 0 spiro atoms. The monoisotopic (exact) mass is 478 g/mol. The van der Waals surface area contributed by atoms with E-state index in [0.717, 1.165) is 0 Å². The number of Topliss-reactive ketones (excluding diaryl/α,β-unsaturated/α-hetero) is 1. The second kappa shape index (κ2) is 7.56. The molecule has 5 N–H and O–H groups in total. The number of fused-ring (bicyclic) bond motifs is 5. The van der Waals surface area contributed by atoms with E-state index in [1.54, 1.807) is 33.8 Å². The van der Waals surface area contributed by atoms with Crippen molar-refractivity contribution in [2.75, 3.05) is 6.61 Å². The molecule has 9 nitrogen and oxygen atoms in total. The lowest BCUT2D eigenvalue weighted by atomic mass is 9.54. The Morgan fingerprint density at radius 1 is 1.32 bits per heavy atom. The maximum absolute atomic E-state index is 13.1. The molecule has 2 saturated carbocycles. The molecule has 3 aliphatic carbocycles. The van der Waals surface area contributed by atoms with Crippen molar-refractivity contribution >= 4 is 11.8 Å². The van der Waals surface area contributed by atoms with Gasteiger partial charge in [-0.05, 0) is 51.2 Å². The van der Waals surface area contributed by atoms with E-state index in [2.05, 4.69) is 6.58 Å². The molecule has 9 heteroatoms. The lowest BCUT2D eigenvalue weighted by Crippen LogP contribution is -2.71. The first-order chi connectivity index (χ1) is 15.7. The van der Waals surface area contributed by atoms with E-state index in [1.807, 2.05) is 0 Å². The predicted molar refractivity (Wildman–Crippen MR) is 119 cm³/mol. The fourth-order valence-electron chi connectivity index (χ4n) is 6.52. The molecule has 0 unspecified atom stereocenters. The summed E-state index contributed by atoms with van der Waals surface area (Å²) in [5.41, 5.74) is -7.26. The Morgan fingerprint density at radius 3 is 2.47 bits per heavy atom. The number of ether oxygens (including phenoxy) is 2. The maximum Gasteiger partial charge on any atom is 0.333 e. The molecule has 0 aromatic carbocycles. The van der Waals surface area contributed by atoms with Crippen LogP contribution in [0.1, 0.15) is 41.0 Å². The summed E-state index contributed by atoms with van der Waals surface area (Å²) in [5.74, 6) is -4.75. The smallest absolute Gasteiger partial charge is 0.333 e. The number of ketones is 1. The largest absolute Gasteiger partial charge is 0.455 e. The summed E-state index contributed by atoms with van der Waals surface area (Å²) in [6.07, 6.45) is -1.51. The number of epoxide rings is 1. The van der Waals surface area contributed by atoms with Crippen LogP contribution < -0.4 is 0 Å². The Morgan fingerprint density at radius 2 is 1.94 bits per heavy atom. The molecule has 0 radical (unpaired) electrons. The summed E-state index contributed by atoms with van der Waals surface area (Å²) < 4.78 is 11.6. The van der Waals surface area contributed by atoms with Crippen LogP contribution in [0.25, 0.3) is 0 Å². The second-order valence-electron chi connectivity index (χ2n) is 10.6. The molecule has 188 valence electrons. The van der Waals surface area contributed by atoms with Gasteiger partial charge in [0.05, 0.1) is 18.1 Å². The van der Waals surface area contributed by atoms with E-state index in [1.165, 1.54) is 13.0 Å². The Hall–Kier alpha value is -1.88. The van der Waals surface area contributed by atoms with Gasteiger partial charge in [0.15, 0.2) is 11.4 Å². The standard InChI is InChI=1S/C25H34O9/c1-7-12(4)20(28)33-18-16-19-23(10-26,34-19)21(29)25(32)15(8-13(5)17(25)27)24(16,31)14(6)9-22(18,30)11(2)3/h7-8,14-16,18-19,21,26,29-32H,2,9-10H2,1,3-6H3/t14-,15+,16-,18-,19+,21-,22-,23+,24+,25-/m1/s1. The zero-order valence-corrected chi connectivity index (χ0v) is 20.1. The van der Waals surface area contributed by atoms with Gasteiger partial charge < -0.3 is 35.0 Å². The third kappa shape index (κ3) is 2.82. The Labute approximate surface area is 198 Å². The van der Waals surface area contributed by atoms with Crippen molar-refractivity contribution < 1.29 is 44.6 Å². The molecule has 1 heterocycles. The van der Waals surface area contributed by atoms with E-state index in [9.17, 15) is 35.1 Å². The molecule has 34 heavy (non-hydrogen) atoms. The number of carbonyl (C=O) groups excluding carboxylic acids is 2. The zero-order chi connectivity index (χ0) is 25.6. The van der Waals surface area contributed by atoms with Crippen molar-refractivity contribution in [3.8, 4) is 0 Å². The fraction of sp³-hybridized carbons (Fsp3) is 0.680. The molecule has 0 aromatic heterocycles. The molecule has 3 fully saturated rings. The van der Waals surface area contributed by atoms with Crippen LogP contribution >= 0.6 is 0 Å². The normalized spacial score (nSPS) is 49.9. The number of hydrogen-bond acceptors (Lipinski definition) is 9. The second-order valence-corrected chi connectivity index (χ2v) is 10.6. The third-order valence-corrected chi connectivity index (χ3v) is 8.80. The highest BCUT2D eigenvalue weighted by atomic mass is 16.6. The molecule has 1 aliphatic heterocycles. The first-order valence-electron chi connectivity index (χ1n) is 11.5. The van der Waals surface area contributed by atoms with E-state index in [4.69, 9.17) is 9.47 Å². The molecule has 4 rings (SSSR count). The molecule has 10 atom stereocenters. The van der Waals surface area contributed by atoms with Crippen molar-refractivity contribution in [2.45, 2.75) is 81.8 Å². The van der Waals surface area contributed by atoms with E-state index >= 15 is 0 Å². The lowest BCUT2D eigenvalue weighted by Gasteiger charge is -2.57. The number of rotatable bonds is 4. The highest BCUT2D eigenvalue weighted by molar-refractivity contribution is 6.05. The average molecular weight is 479 g/mol. The van der Waals surface area contributed by atoms with E-state index in [0.29, 0.717) is 5.57 Å². The van der Waals surface area contributed by atoms with Gasteiger partial charge in [-0.3, -0.25) is 4.79 Å². The van der Waals surface area contributed by atoms with Gasteiger partial charge in [0.2, 0.25) is 0 Å². The van der Waals surface area contributed by atoms with Crippen LogP contribution in [0.5, 0.6) is 0 Å². The number of esters is 1. The van der Waals surface area contributed by atoms with Gasteiger partial charge in [0.25, 0.3) is 0 Å². The van der Waals surface area contributed by atoms with Gasteiger partial charge in [-0.1, -0.05) is 25.7 Å². The number of allylic oxidation sites excluding steroid dienone is 1. The van der Waals surface area contributed by atoms with Crippen molar-refractivity contribution in [1.82, 2.24) is 0 Å². The quantitative estimate of drug-likeness (QED) is 0.162. The number of aliphatic hydroxyl groups is 5. The zero-order valence-electron chi connectivity index (χ0n) is 20.1. The number of hydrogen-bond donors (Lipinski definition) is 5. The molecule has 1 saturated heterocycles. The molecule has 0 bridgehead atoms. The van der Waals surface area contributed by atoms with Crippen LogP contribution in [0.4, 0.5) is 0 Å². The minimum atomic E-state index is -2.47. The molecule has 0 amide bonds. The Balaban J connectivity index is 1.97. The minimum Gasteiger partial charge on any atom is -0.455 e.